The summed E-state index contributed by atoms with van der Waals surface area (Å²) in [4.78, 5) is 2.85. The van der Waals surface area contributed by atoms with Crippen LogP contribution in [0.1, 0.15) is 48.9 Å². The molecule has 0 amide bonds. The molecule has 0 aromatic carbocycles. The molecule has 1 saturated carbocycles. The number of fused-ring (bicyclic) bond motifs is 1. The molecular weight excluding hydrogens is 268 g/mol. The second-order valence-electron chi connectivity index (χ2n) is 6.07. The minimum atomic E-state index is 0.440. The van der Waals surface area contributed by atoms with Crippen LogP contribution >= 0.6 is 12.2 Å². The summed E-state index contributed by atoms with van der Waals surface area (Å²) in [6.45, 7) is 5.06. The molecule has 3 rings (SSSR count). The topological polar surface area (TPSA) is 55.0 Å². The summed E-state index contributed by atoms with van der Waals surface area (Å²) in [7, 11) is 0. The van der Waals surface area contributed by atoms with Crippen molar-refractivity contribution in [1.29, 1.82) is 0 Å². The predicted octanol–water partition coefficient (Wildman–Crippen LogP) is 2.50. The minimum absolute atomic E-state index is 0.440. The molecule has 2 fully saturated rings. The molecule has 2 heterocycles. The van der Waals surface area contributed by atoms with E-state index in [-0.39, 0.29) is 0 Å². The zero-order chi connectivity index (χ0) is 14.3. The maximum absolute atomic E-state index is 5.96. The molecule has 1 aliphatic carbocycles. The molecule has 1 saturated heterocycles. The van der Waals surface area contributed by atoms with E-state index in [0.29, 0.717) is 11.0 Å². The van der Waals surface area contributed by atoms with E-state index in [0.717, 1.165) is 35.1 Å². The van der Waals surface area contributed by atoms with Gasteiger partial charge in [0.15, 0.2) is 5.82 Å². The van der Waals surface area contributed by atoms with Gasteiger partial charge in [-0.3, -0.25) is 0 Å². The van der Waals surface area contributed by atoms with Crippen LogP contribution in [0.4, 0.5) is 5.82 Å². The lowest BCUT2D eigenvalue weighted by molar-refractivity contribution is 0.341. The van der Waals surface area contributed by atoms with Gasteiger partial charge in [-0.2, -0.15) is 5.10 Å². The van der Waals surface area contributed by atoms with Crippen LogP contribution in [0.15, 0.2) is 0 Å². The molecule has 20 heavy (non-hydrogen) atoms. The van der Waals surface area contributed by atoms with Crippen LogP contribution < -0.4 is 10.6 Å². The van der Waals surface area contributed by atoms with E-state index in [2.05, 4.69) is 15.1 Å². The van der Waals surface area contributed by atoms with E-state index in [9.17, 15) is 0 Å². The Bertz CT molecular complexity index is 543. The molecule has 0 spiro atoms. The van der Waals surface area contributed by atoms with Gasteiger partial charge in [0, 0.05) is 12.6 Å². The zero-order valence-electron chi connectivity index (χ0n) is 12.2. The van der Waals surface area contributed by atoms with Gasteiger partial charge in [0.25, 0.3) is 0 Å². The van der Waals surface area contributed by atoms with Gasteiger partial charge in [-0.1, -0.05) is 25.1 Å². The molecule has 5 heteroatoms. The summed E-state index contributed by atoms with van der Waals surface area (Å²) in [6.07, 6.45) is 6.56. The van der Waals surface area contributed by atoms with Crippen LogP contribution in [0.3, 0.4) is 0 Å². The Kier molecular flexibility index (Phi) is 3.63. The van der Waals surface area contributed by atoms with Gasteiger partial charge in [0.2, 0.25) is 0 Å². The summed E-state index contributed by atoms with van der Waals surface area (Å²) in [5.41, 5.74) is 8.87. The van der Waals surface area contributed by atoms with E-state index >= 15 is 0 Å². The first-order chi connectivity index (χ1) is 9.59. The molecular formula is C15H22N4S. The third-order valence-electron chi connectivity index (χ3n) is 4.96. The molecule has 4 nitrogen and oxygen atoms in total. The maximum Gasteiger partial charge on any atom is 0.162 e. The normalized spacial score (nSPS) is 25.6. The number of nitrogens with zero attached hydrogens (tertiary/aromatic N) is 3. The fourth-order valence-corrected chi connectivity index (χ4v) is 4.01. The highest BCUT2D eigenvalue weighted by atomic mass is 32.1. The van der Waals surface area contributed by atoms with Gasteiger partial charge in [0.1, 0.15) is 4.99 Å². The molecule has 108 valence electrons. The van der Waals surface area contributed by atoms with Gasteiger partial charge < -0.3 is 10.6 Å². The first-order valence-corrected chi connectivity index (χ1v) is 7.90. The fraction of sp³-hybridized carbons (Fsp3) is 0.667. The Balaban J connectivity index is 2.02. The van der Waals surface area contributed by atoms with Crippen molar-refractivity contribution in [3.63, 3.8) is 0 Å². The lowest BCUT2D eigenvalue weighted by Crippen LogP contribution is -2.37. The van der Waals surface area contributed by atoms with E-state index in [1.54, 1.807) is 0 Å². The highest BCUT2D eigenvalue weighted by Crippen LogP contribution is 2.39. The maximum atomic E-state index is 5.96. The first-order valence-electron chi connectivity index (χ1n) is 7.50. The Hall–Kier alpha value is -1.23. The lowest BCUT2D eigenvalue weighted by Gasteiger charge is -2.33. The number of hydrogen-bond acceptors (Lipinski definition) is 4. The Labute approximate surface area is 125 Å². The SMILES string of the molecule is Cc1nnc(N2CCC3CCCCC32)c(C(N)=S)c1C. The van der Waals surface area contributed by atoms with Gasteiger partial charge in [-0.15, -0.1) is 5.10 Å². The molecule has 1 aromatic heterocycles. The van der Waals surface area contributed by atoms with Crippen molar-refractivity contribution in [3.05, 3.63) is 16.8 Å². The number of rotatable bonds is 2. The average molecular weight is 290 g/mol. The molecule has 0 radical (unpaired) electrons. The molecule has 2 unspecified atom stereocenters. The van der Waals surface area contributed by atoms with E-state index in [1.807, 2.05) is 13.8 Å². The highest BCUT2D eigenvalue weighted by molar-refractivity contribution is 7.80. The quantitative estimate of drug-likeness (QED) is 0.848. The summed E-state index contributed by atoms with van der Waals surface area (Å²) in [5.74, 6) is 1.72. The number of anilines is 1. The van der Waals surface area contributed by atoms with Crippen molar-refractivity contribution < 1.29 is 0 Å². The molecule has 2 atom stereocenters. The van der Waals surface area contributed by atoms with Gasteiger partial charge in [0.05, 0.1) is 11.3 Å². The number of nitrogens with two attached hydrogens (primary N) is 1. The Morgan fingerprint density at radius 2 is 1.95 bits per heavy atom. The molecule has 1 aromatic rings. The second-order valence-corrected chi connectivity index (χ2v) is 6.51. The monoisotopic (exact) mass is 290 g/mol. The third kappa shape index (κ3) is 2.18. The lowest BCUT2D eigenvalue weighted by atomic mass is 9.85. The summed E-state index contributed by atoms with van der Waals surface area (Å²) >= 11 is 5.26. The number of aryl methyl sites for hydroxylation is 1. The fourth-order valence-electron chi connectivity index (χ4n) is 3.76. The standard InChI is InChI=1S/C15H22N4S/c1-9-10(2)17-18-15(13(9)14(16)20)19-8-7-11-5-3-4-6-12(11)19/h11-12H,3-8H2,1-2H3,(H2,16,20). The first kappa shape index (κ1) is 13.7. The Morgan fingerprint density at radius 3 is 2.70 bits per heavy atom. The van der Waals surface area contributed by atoms with Gasteiger partial charge >= 0.3 is 0 Å². The van der Waals surface area contributed by atoms with Crippen molar-refractivity contribution in [3.8, 4) is 0 Å². The smallest absolute Gasteiger partial charge is 0.162 e. The predicted molar refractivity (Wildman–Crippen MR) is 85.1 cm³/mol. The number of hydrogen-bond donors (Lipinski definition) is 1. The Morgan fingerprint density at radius 1 is 1.20 bits per heavy atom. The summed E-state index contributed by atoms with van der Waals surface area (Å²) < 4.78 is 0. The van der Waals surface area contributed by atoms with Crippen LogP contribution in [0.25, 0.3) is 0 Å². The van der Waals surface area contributed by atoms with Gasteiger partial charge in [-0.05, 0) is 44.6 Å². The molecule has 0 bridgehead atoms. The number of thiocarbonyl (C=S) groups is 1. The van der Waals surface area contributed by atoms with Crippen molar-refractivity contribution in [2.75, 3.05) is 11.4 Å². The van der Waals surface area contributed by atoms with E-state index in [4.69, 9.17) is 18.0 Å². The molecule has 1 aliphatic heterocycles. The zero-order valence-corrected chi connectivity index (χ0v) is 13.0. The average Bonchev–Trinajstić information content (AvgIpc) is 2.85. The van der Waals surface area contributed by atoms with Crippen LogP contribution in [0.5, 0.6) is 0 Å². The van der Waals surface area contributed by atoms with Crippen LogP contribution in [0, 0.1) is 19.8 Å². The van der Waals surface area contributed by atoms with Crippen molar-refractivity contribution in [1.82, 2.24) is 10.2 Å². The minimum Gasteiger partial charge on any atom is -0.389 e. The van der Waals surface area contributed by atoms with Crippen molar-refractivity contribution in [2.45, 2.75) is 52.0 Å². The molecule has 2 N–H and O–H groups in total. The largest absolute Gasteiger partial charge is 0.389 e. The van der Waals surface area contributed by atoms with E-state index in [1.165, 1.54) is 32.1 Å². The highest BCUT2D eigenvalue weighted by Gasteiger charge is 2.37. The van der Waals surface area contributed by atoms with Crippen LogP contribution in [0.2, 0.25) is 0 Å². The van der Waals surface area contributed by atoms with Gasteiger partial charge in [-0.25, -0.2) is 0 Å². The summed E-state index contributed by atoms with van der Waals surface area (Å²) in [6, 6.07) is 0.605. The van der Waals surface area contributed by atoms with Crippen molar-refractivity contribution >= 4 is 23.0 Å². The summed E-state index contributed by atoms with van der Waals surface area (Å²) in [5, 5.41) is 8.74. The van der Waals surface area contributed by atoms with E-state index < -0.39 is 0 Å². The second kappa shape index (κ2) is 5.28. The number of aromatic nitrogens is 2. The van der Waals surface area contributed by atoms with Crippen LogP contribution in [-0.2, 0) is 0 Å². The molecule has 2 aliphatic rings. The van der Waals surface area contributed by atoms with Crippen molar-refractivity contribution in [2.24, 2.45) is 11.7 Å². The van der Waals surface area contributed by atoms with Crippen LogP contribution in [-0.4, -0.2) is 27.8 Å². The third-order valence-corrected chi connectivity index (χ3v) is 5.17.